The molecular formula is C19H20N6O. The van der Waals surface area contributed by atoms with E-state index in [-0.39, 0.29) is 11.3 Å². The molecule has 0 bridgehead atoms. The largest absolute Gasteiger partial charge is 0.337 e. The first kappa shape index (κ1) is 15.3. The second-order valence-corrected chi connectivity index (χ2v) is 7.38. The van der Waals surface area contributed by atoms with E-state index in [9.17, 15) is 4.79 Å². The maximum Gasteiger partial charge on any atom is 0.272 e. The molecule has 0 radical (unpaired) electrons. The lowest BCUT2D eigenvalue weighted by molar-refractivity contribution is 0.0761. The van der Waals surface area contributed by atoms with Crippen LogP contribution < -0.4 is 0 Å². The fourth-order valence-electron chi connectivity index (χ4n) is 4.33. The molecule has 1 amide bonds. The van der Waals surface area contributed by atoms with Gasteiger partial charge in [-0.3, -0.25) is 14.5 Å². The molecule has 132 valence electrons. The topological polar surface area (TPSA) is 68.8 Å². The lowest BCUT2D eigenvalue weighted by atomic mass is 9.86. The summed E-state index contributed by atoms with van der Waals surface area (Å²) >= 11 is 0. The Balaban J connectivity index is 1.38. The Kier molecular flexibility index (Phi) is 3.25. The normalized spacial score (nSPS) is 21.5. The van der Waals surface area contributed by atoms with Gasteiger partial charge in [0.15, 0.2) is 0 Å². The summed E-state index contributed by atoms with van der Waals surface area (Å²) in [7, 11) is 1.81. The Morgan fingerprint density at radius 1 is 1.19 bits per heavy atom. The standard InChI is InChI=1S/C19H20N6O/c1-23-15(4-7-22-23)18(26)24-8-5-19(12-24)9-17-21-11-16(25(17)13-19)14-3-2-6-20-10-14/h2-4,6-7,10-11H,5,8-9,12-13H2,1H3/t19-/m0/s1. The minimum atomic E-state index is 0.0684. The number of amides is 1. The highest BCUT2D eigenvalue weighted by Crippen LogP contribution is 2.42. The third kappa shape index (κ3) is 2.27. The van der Waals surface area contributed by atoms with E-state index in [2.05, 4.69) is 25.7 Å². The lowest BCUT2D eigenvalue weighted by Crippen LogP contribution is -2.34. The van der Waals surface area contributed by atoms with Crippen molar-refractivity contribution >= 4 is 5.91 Å². The number of carbonyl (C=O) groups excluding carboxylic acids is 1. The van der Waals surface area contributed by atoms with Gasteiger partial charge in [-0.25, -0.2) is 4.98 Å². The van der Waals surface area contributed by atoms with E-state index < -0.39 is 0 Å². The van der Waals surface area contributed by atoms with Crippen LogP contribution in [0, 0.1) is 5.41 Å². The van der Waals surface area contributed by atoms with E-state index in [0.29, 0.717) is 5.69 Å². The Morgan fingerprint density at radius 3 is 2.88 bits per heavy atom. The SMILES string of the molecule is Cn1nccc1C(=O)N1CC[C@]2(Cc3ncc(-c4cccnc4)n3C2)C1. The van der Waals surface area contributed by atoms with Crippen molar-refractivity contribution < 1.29 is 4.79 Å². The van der Waals surface area contributed by atoms with E-state index in [1.807, 2.05) is 30.4 Å². The molecule has 3 aromatic rings. The van der Waals surface area contributed by atoms with Gasteiger partial charge >= 0.3 is 0 Å². The Morgan fingerprint density at radius 2 is 2.12 bits per heavy atom. The number of imidazole rings is 1. The quantitative estimate of drug-likeness (QED) is 0.708. The number of likely N-dealkylation sites (tertiary alicyclic amines) is 1. The molecule has 0 aliphatic carbocycles. The molecule has 1 spiro atoms. The zero-order chi connectivity index (χ0) is 17.7. The van der Waals surface area contributed by atoms with Crippen LogP contribution in [0.25, 0.3) is 11.3 Å². The first-order valence-corrected chi connectivity index (χ1v) is 8.87. The molecule has 0 N–H and O–H groups in total. The number of nitrogens with zero attached hydrogens (tertiary/aromatic N) is 6. The fraction of sp³-hybridized carbons (Fsp3) is 0.368. The maximum atomic E-state index is 12.8. The van der Waals surface area contributed by atoms with E-state index in [0.717, 1.165) is 49.6 Å². The van der Waals surface area contributed by atoms with Crippen LogP contribution in [-0.4, -0.2) is 48.2 Å². The molecule has 0 saturated carbocycles. The third-order valence-electron chi connectivity index (χ3n) is 5.69. The van der Waals surface area contributed by atoms with Gasteiger partial charge in [0.25, 0.3) is 5.91 Å². The van der Waals surface area contributed by atoms with Crippen LogP contribution in [0.5, 0.6) is 0 Å². The highest BCUT2D eigenvalue weighted by molar-refractivity contribution is 5.92. The predicted octanol–water partition coefficient (Wildman–Crippen LogP) is 1.77. The summed E-state index contributed by atoms with van der Waals surface area (Å²) in [6.45, 7) is 2.46. The second kappa shape index (κ2) is 5.52. The van der Waals surface area contributed by atoms with Crippen molar-refractivity contribution in [3.63, 3.8) is 0 Å². The van der Waals surface area contributed by atoms with Gasteiger partial charge in [-0.2, -0.15) is 5.10 Å². The van der Waals surface area contributed by atoms with Gasteiger partial charge in [0.05, 0.1) is 11.9 Å². The van der Waals surface area contributed by atoms with Crippen LogP contribution in [-0.2, 0) is 20.0 Å². The predicted molar refractivity (Wildman–Crippen MR) is 95.3 cm³/mol. The number of carbonyl (C=O) groups is 1. The number of hydrogen-bond donors (Lipinski definition) is 0. The van der Waals surface area contributed by atoms with Gasteiger partial charge in [-0.15, -0.1) is 0 Å². The van der Waals surface area contributed by atoms with Crippen molar-refractivity contribution in [1.82, 2.24) is 29.2 Å². The number of hydrogen-bond acceptors (Lipinski definition) is 4. The van der Waals surface area contributed by atoms with E-state index in [1.165, 1.54) is 0 Å². The summed E-state index contributed by atoms with van der Waals surface area (Å²) in [5.41, 5.74) is 2.94. The van der Waals surface area contributed by atoms with Crippen LogP contribution in [0.2, 0.25) is 0 Å². The average molecular weight is 348 g/mol. The Labute approximate surface area is 151 Å². The van der Waals surface area contributed by atoms with Gasteiger partial charge in [0, 0.05) is 62.7 Å². The molecule has 7 heteroatoms. The van der Waals surface area contributed by atoms with Crippen LogP contribution in [0.1, 0.15) is 22.7 Å². The highest BCUT2D eigenvalue weighted by atomic mass is 16.2. The smallest absolute Gasteiger partial charge is 0.272 e. The van der Waals surface area contributed by atoms with Crippen molar-refractivity contribution in [3.05, 3.63) is 54.5 Å². The summed E-state index contributed by atoms with van der Waals surface area (Å²) in [5.74, 6) is 1.18. The minimum absolute atomic E-state index is 0.0684. The molecule has 5 rings (SSSR count). The van der Waals surface area contributed by atoms with Crippen LogP contribution in [0.4, 0.5) is 0 Å². The summed E-state index contributed by atoms with van der Waals surface area (Å²) < 4.78 is 3.95. The van der Waals surface area contributed by atoms with E-state index in [1.54, 1.807) is 23.1 Å². The van der Waals surface area contributed by atoms with Crippen molar-refractivity contribution in [1.29, 1.82) is 0 Å². The lowest BCUT2D eigenvalue weighted by Gasteiger charge is -2.23. The average Bonchev–Trinajstić information content (AvgIpc) is 3.41. The Bertz CT molecular complexity index is 975. The van der Waals surface area contributed by atoms with Gasteiger partial charge in [-0.05, 0) is 24.6 Å². The zero-order valence-corrected chi connectivity index (χ0v) is 14.7. The van der Waals surface area contributed by atoms with Gasteiger partial charge in [0.2, 0.25) is 0 Å². The number of fused-ring (bicyclic) bond motifs is 1. The molecule has 5 heterocycles. The number of aryl methyl sites for hydroxylation is 1. The molecule has 0 unspecified atom stereocenters. The molecule has 1 fully saturated rings. The first-order chi connectivity index (χ1) is 12.7. The van der Waals surface area contributed by atoms with E-state index >= 15 is 0 Å². The van der Waals surface area contributed by atoms with Crippen LogP contribution in [0.15, 0.2) is 43.0 Å². The first-order valence-electron chi connectivity index (χ1n) is 8.87. The summed E-state index contributed by atoms with van der Waals surface area (Å²) in [6, 6.07) is 5.80. The zero-order valence-electron chi connectivity index (χ0n) is 14.7. The van der Waals surface area contributed by atoms with Crippen molar-refractivity contribution in [2.75, 3.05) is 13.1 Å². The molecular weight excluding hydrogens is 328 g/mol. The second-order valence-electron chi connectivity index (χ2n) is 7.38. The van der Waals surface area contributed by atoms with Crippen molar-refractivity contribution in [3.8, 4) is 11.3 Å². The minimum Gasteiger partial charge on any atom is -0.337 e. The Hall–Kier alpha value is -2.96. The fourth-order valence-corrected chi connectivity index (χ4v) is 4.33. The number of pyridine rings is 1. The molecule has 7 nitrogen and oxygen atoms in total. The van der Waals surface area contributed by atoms with Gasteiger partial charge < -0.3 is 9.47 Å². The van der Waals surface area contributed by atoms with Crippen molar-refractivity contribution in [2.45, 2.75) is 19.4 Å². The summed E-state index contributed by atoms with van der Waals surface area (Å²) in [5, 5.41) is 4.12. The monoisotopic (exact) mass is 348 g/mol. The molecule has 0 aromatic carbocycles. The molecule has 3 aromatic heterocycles. The molecule has 2 aliphatic heterocycles. The number of aromatic nitrogens is 5. The summed E-state index contributed by atoms with van der Waals surface area (Å²) in [4.78, 5) is 23.6. The highest BCUT2D eigenvalue weighted by Gasteiger charge is 2.46. The van der Waals surface area contributed by atoms with Crippen molar-refractivity contribution in [2.24, 2.45) is 12.5 Å². The third-order valence-corrected chi connectivity index (χ3v) is 5.69. The number of rotatable bonds is 2. The van der Waals surface area contributed by atoms with Gasteiger partial charge in [0.1, 0.15) is 11.5 Å². The molecule has 26 heavy (non-hydrogen) atoms. The van der Waals surface area contributed by atoms with Gasteiger partial charge in [-0.1, -0.05) is 0 Å². The maximum absolute atomic E-state index is 12.8. The molecule has 1 atom stereocenters. The van der Waals surface area contributed by atoms with Crippen LogP contribution >= 0.6 is 0 Å². The van der Waals surface area contributed by atoms with E-state index in [4.69, 9.17) is 0 Å². The molecule has 2 aliphatic rings. The molecule has 1 saturated heterocycles. The summed E-state index contributed by atoms with van der Waals surface area (Å²) in [6.07, 6.45) is 9.19. The van der Waals surface area contributed by atoms with Crippen LogP contribution in [0.3, 0.4) is 0 Å².